The summed E-state index contributed by atoms with van der Waals surface area (Å²) in [5.41, 5.74) is 2.33. The zero-order chi connectivity index (χ0) is 14.4. The fourth-order valence-electron chi connectivity index (χ4n) is 2.00. The van der Waals surface area contributed by atoms with E-state index in [2.05, 4.69) is 38.6 Å². The molecule has 5 heteroatoms. The first-order valence-electron chi connectivity index (χ1n) is 6.99. The lowest BCUT2D eigenvalue weighted by Gasteiger charge is -2.10. The van der Waals surface area contributed by atoms with Gasteiger partial charge < -0.3 is 10.6 Å². The van der Waals surface area contributed by atoms with Crippen molar-refractivity contribution in [1.82, 2.24) is 15.0 Å². The summed E-state index contributed by atoms with van der Waals surface area (Å²) in [4.78, 5) is 13.3. The van der Waals surface area contributed by atoms with Crippen molar-refractivity contribution in [3.63, 3.8) is 0 Å². The Morgan fingerprint density at radius 1 is 1.10 bits per heavy atom. The molecule has 0 saturated heterocycles. The fraction of sp³-hybridized carbons (Fsp3) is 0.400. The van der Waals surface area contributed by atoms with Crippen LogP contribution in [0.4, 0.5) is 11.6 Å². The molecule has 0 aliphatic carbocycles. The van der Waals surface area contributed by atoms with Gasteiger partial charge in [0.05, 0.1) is 12.2 Å². The molecular formula is C15H21N5. The minimum Gasteiger partial charge on any atom is -0.373 e. The van der Waals surface area contributed by atoms with Gasteiger partial charge in [-0.05, 0) is 18.1 Å². The lowest BCUT2D eigenvalue weighted by Crippen LogP contribution is -2.08. The zero-order valence-corrected chi connectivity index (χ0v) is 12.3. The monoisotopic (exact) mass is 271 g/mol. The highest BCUT2D eigenvalue weighted by Gasteiger charge is 2.05. The molecule has 0 unspecified atom stereocenters. The average molecular weight is 271 g/mol. The minimum atomic E-state index is 0.674. The maximum atomic E-state index is 4.48. The second kappa shape index (κ2) is 6.84. The predicted molar refractivity (Wildman–Crippen MR) is 81.9 cm³/mol. The van der Waals surface area contributed by atoms with Gasteiger partial charge in [0.2, 0.25) is 0 Å². The van der Waals surface area contributed by atoms with E-state index >= 15 is 0 Å². The van der Waals surface area contributed by atoms with Crippen LogP contribution in [-0.2, 0) is 19.4 Å². The Hall–Kier alpha value is -2.17. The molecule has 0 aliphatic heterocycles. The van der Waals surface area contributed by atoms with Gasteiger partial charge in [-0.25, -0.2) is 9.97 Å². The van der Waals surface area contributed by atoms with Crippen molar-refractivity contribution in [1.29, 1.82) is 0 Å². The van der Waals surface area contributed by atoms with Crippen LogP contribution in [0.3, 0.4) is 0 Å². The normalized spacial score (nSPS) is 10.3. The lowest BCUT2D eigenvalue weighted by atomic mass is 10.1. The Bertz CT molecular complexity index is 546. The van der Waals surface area contributed by atoms with Gasteiger partial charge in [-0.1, -0.05) is 19.9 Å². The third kappa shape index (κ3) is 3.44. The van der Waals surface area contributed by atoms with E-state index < -0.39 is 0 Å². The molecule has 0 atom stereocenters. The van der Waals surface area contributed by atoms with Crippen molar-refractivity contribution >= 4 is 11.6 Å². The molecule has 0 aliphatic rings. The number of aromatic nitrogens is 3. The van der Waals surface area contributed by atoms with E-state index in [-0.39, 0.29) is 0 Å². The molecule has 106 valence electrons. The van der Waals surface area contributed by atoms with Crippen molar-refractivity contribution in [2.75, 3.05) is 17.7 Å². The van der Waals surface area contributed by atoms with Crippen LogP contribution >= 0.6 is 0 Å². The number of hydrogen-bond donors (Lipinski definition) is 2. The van der Waals surface area contributed by atoms with Gasteiger partial charge in [-0.2, -0.15) is 0 Å². The minimum absolute atomic E-state index is 0.674. The molecule has 0 amide bonds. The second-order valence-electron chi connectivity index (χ2n) is 4.47. The van der Waals surface area contributed by atoms with Crippen LogP contribution in [0.15, 0.2) is 24.4 Å². The first kappa shape index (κ1) is 14.2. The molecule has 0 bridgehead atoms. The van der Waals surface area contributed by atoms with E-state index in [0.717, 1.165) is 36.0 Å². The number of nitrogens with one attached hydrogen (secondary N) is 2. The maximum Gasteiger partial charge on any atom is 0.132 e. The van der Waals surface area contributed by atoms with Crippen LogP contribution in [0.1, 0.15) is 30.9 Å². The van der Waals surface area contributed by atoms with Gasteiger partial charge in [-0.3, -0.25) is 4.98 Å². The third-order valence-electron chi connectivity index (χ3n) is 3.15. The third-order valence-corrected chi connectivity index (χ3v) is 3.15. The van der Waals surface area contributed by atoms with Crippen LogP contribution in [0.2, 0.25) is 0 Å². The van der Waals surface area contributed by atoms with E-state index in [0.29, 0.717) is 6.54 Å². The summed E-state index contributed by atoms with van der Waals surface area (Å²) >= 11 is 0. The fourth-order valence-corrected chi connectivity index (χ4v) is 2.00. The molecule has 2 aromatic rings. The molecule has 2 N–H and O–H groups in total. The number of anilines is 2. The predicted octanol–water partition coefficient (Wildman–Crippen LogP) is 2.65. The largest absolute Gasteiger partial charge is 0.373 e. The maximum absolute atomic E-state index is 4.48. The van der Waals surface area contributed by atoms with Crippen molar-refractivity contribution in [3.05, 3.63) is 41.5 Å². The molecule has 0 saturated carbocycles. The number of rotatable bonds is 6. The first-order valence-corrected chi connectivity index (χ1v) is 6.99. The number of aryl methyl sites for hydroxylation is 2. The van der Waals surface area contributed by atoms with Crippen molar-refractivity contribution < 1.29 is 0 Å². The smallest absolute Gasteiger partial charge is 0.132 e. The summed E-state index contributed by atoms with van der Waals surface area (Å²) in [6, 6.07) is 6.00. The molecule has 5 nitrogen and oxygen atoms in total. The Morgan fingerprint density at radius 3 is 2.60 bits per heavy atom. The van der Waals surface area contributed by atoms with Crippen LogP contribution in [-0.4, -0.2) is 22.0 Å². The van der Waals surface area contributed by atoms with Crippen molar-refractivity contribution in [2.24, 2.45) is 0 Å². The number of nitrogens with zero attached hydrogens (tertiary/aromatic N) is 3. The van der Waals surface area contributed by atoms with Gasteiger partial charge in [-0.15, -0.1) is 0 Å². The number of hydrogen-bond acceptors (Lipinski definition) is 5. The van der Waals surface area contributed by atoms with Gasteiger partial charge in [0.15, 0.2) is 0 Å². The molecule has 0 fully saturated rings. The highest BCUT2D eigenvalue weighted by Crippen LogP contribution is 2.13. The quantitative estimate of drug-likeness (QED) is 0.845. The standard InChI is InChI=1S/C15H21N5/c1-4-11-7-6-8-17-12(11)10-18-15-9-14(16-3)19-13(5-2)20-15/h6-9H,4-5,10H2,1-3H3,(H2,16,18,19,20). The van der Waals surface area contributed by atoms with E-state index in [1.807, 2.05) is 32.3 Å². The van der Waals surface area contributed by atoms with Gasteiger partial charge in [0.25, 0.3) is 0 Å². The lowest BCUT2D eigenvalue weighted by molar-refractivity contribution is 0.920. The molecule has 20 heavy (non-hydrogen) atoms. The summed E-state index contributed by atoms with van der Waals surface area (Å²) < 4.78 is 0. The summed E-state index contributed by atoms with van der Waals surface area (Å²) in [5, 5.41) is 6.39. The zero-order valence-electron chi connectivity index (χ0n) is 12.3. The van der Waals surface area contributed by atoms with Gasteiger partial charge >= 0.3 is 0 Å². The Kier molecular flexibility index (Phi) is 4.87. The van der Waals surface area contributed by atoms with Crippen molar-refractivity contribution in [3.8, 4) is 0 Å². The molecule has 2 heterocycles. The Balaban J connectivity index is 2.14. The molecule has 0 aromatic carbocycles. The van der Waals surface area contributed by atoms with Gasteiger partial charge in [0, 0.05) is 25.7 Å². The molecular weight excluding hydrogens is 250 g/mol. The molecule has 2 aromatic heterocycles. The Labute approximate surface area is 119 Å². The SMILES string of the molecule is CCc1nc(NC)cc(NCc2ncccc2CC)n1. The topological polar surface area (TPSA) is 62.7 Å². The van der Waals surface area contributed by atoms with E-state index in [1.165, 1.54) is 5.56 Å². The number of pyridine rings is 1. The summed E-state index contributed by atoms with van der Waals surface area (Å²) in [5.74, 6) is 2.49. The summed E-state index contributed by atoms with van der Waals surface area (Å²) in [6.07, 6.45) is 3.62. The van der Waals surface area contributed by atoms with Crippen LogP contribution in [0, 0.1) is 0 Å². The van der Waals surface area contributed by atoms with E-state index in [4.69, 9.17) is 0 Å². The second-order valence-corrected chi connectivity index (χ2v) is 4.47. The van der Waals surface area contributed by atoms with E-state index in [9.17, 15) is 0 Å². The summed E-state index contributed by atoms with van der Waals surface area (Å²) in [6.45, 7) is 4.86. The molecule has 0 radical (unpaired) electrons. The molecule has 2 rings (SSSR count). The van der Waals surface area contributed by atoms with E-state index in [1.54, 1.807) is 0 Å². The highest BCUT2D eigenvalue weighted by atomic mass is 15.1. The first-order chi connectivity index (χ1) is 9.76. The molecule has 0 spiro atoms. The Morgan fingerprint density at radius 2 is 1.90 bits per heavy atom. The highest BCUT2D eigenvalue weighted by molar-refractivity contribution is 5.47. The summed E-state index contributed by atoms with van der Waals surface area (Å²) in [7, 11) is 1.86. The van der Waals surface area contributed by atoms with Crippen LogP contribution in [0.5, 0.6) is 0 Å². The van der Waals surface area contributed by atoms with Gasteiger partial charge in [0.1, 0.15) is 17.5 Å². The van der Waals surface area contributed by atoms with Crippen LogP contribution < -0.4 is 10.6 Å². The average Bonchev–Trinajstić information content (AvgIpc) is 2.52. The van der Waals surface area contributed by atoms with Crippen LogP contribution in [0.25, 0.3) is 0 Å². The van der Waals surface area contributed by atoms with Crippen molar-refractivity contribution in [2.45, 2.75) is 33.2 Å².